The number of nitrogens with one attached hydrogen (secondary N) is 1. The standard InChI is InChI=1S/C16H29N3/c1-4-6-7-11-17-12-13-19(5-2)14-16-10-8-9-15(3)18-16/h8-10,17H,4-7,11-14H2,1-3H3. The van der Waals surface area contributed by atoms with Crippen LogP contribution in [0.3, 0.4) is 0 Å². The highest BCUT2D eigenvalue weighted by Crippen LogP contribution is 2.02. The Bertz CT molecular complexity index is 339. The lowest BCUT2D eigenvalue weighted by atomic mass is 10.2. The Kier molecular flexibility index (Phi) is 8.43. The zero-order valence-corrected chi connectivity index (χ0v) is 12.8. The number of rotatable bonds is 10. The minimum atomic E-state index is 0.953. The van der Waals surface area contributed by atoms with Crippen molar-refractivity contribution < 1.29 is 0 Å². The largest absolute Gasteiger partial charge is 0.315 e. The molecule has 1 rings (SSSR count). The summed E-state index contributed by atoms with van der Waals surface area (Å²) in [6.45, 7) is 11.9. The highest BCUT2D eigenvalue weighted by Gasteiger charge is 2.04. The van der Waals surface area contributed by atoms with Crippen LogP contribution >= 0.6 is 0 Å². The fourth-order valence-corrected chi connectivity index (χ4v) is 2.13. The van der Waals surface area contributed by atoms with E-state index in [1.54, 1.807) is 0 Å². The molecule has 0 aliphatic carbocycles. The zero-order chi connectivity index (χ0) is 13.9. The second kappa shape index (κ2) is 9.93. The van der Waals surface area contributed by atoms with Crippen LogP contribution in [-0.2, 0) is 6.54 Å². The number of likely N-dealkylation sites (N-methyl/N-ethyl adjacent to an activating group) is 1. The average molecular weight is 263 g/mol. The van der Waals surface area contributed by atoms with E-state index in [4.69, 9.17) is 0 Å². The number of pyridine rings is 1. The molecule has 1 aromatic heterocycles. The van der Waals surface area contributed by atoms with Crippen molar-refractivity contribution in [1.29, 1.82) is 0 Å². The van der Waals surface area contributed by atoms with Gasteiger partial charge in [0.15, 0.2) is 0 Å². The van der Waals surface area contributed by atoms with Crippen LogP contribution in [0.4, 0.5) is 0 Å². The quantitative estimate of drug-likeness (QED) is 0.658. The van der Waals surface area contributed by atoms with E-state index < -0.39 is 0 Å². The van der Waals surface area contributed by atoms with E-state index in [0.717, 1.165) is 38.4 Å². The van der Waals surface area contributed by atoms with Gasteiger partial charge in [0.2, 0.25) is 0 Å². The Morgan fingerprint density at radius 2 is 2.00 bits per heavy atom. The Morgan fingerprint density at radius 1 is 1.16 bits per heavy atom. The van der Waals surface area contributed by atoms with Gasteiger partial charge in [0, 0.05) is 25.3 Å². The summed E-state index contributed by atoms with van der Waals surface area (Å²) in [4.78, 5) is 7.01. The van der Waals surface area contributed by atoms with Crippen LogP contribution in [0.25, 0.3) is 0 Å². The van der Waals surface area contributed by atoms with Gasteiger partial charge >= 0.3 is 0 Å². The summed E-state index contributed by atoms with van der Waals surface area (Å²) in [5, 5.41) is 3.52. The van der Waals surface area contributed by atoms with E-state index in [0.29, 0.717) is 0 Å². The molecule has 0 aromatic carbocycles. The smallest absolute Gasteiger partial charge is 0.0547 e. The van der Waals surface area contributed by atoms with Crippen LogP contribution < -0.4 is 5.32 Å². The molecule has 0 aliphatic heterocycles. The summed E-state index contributed by atoms with van der Waals surface area (Å²) >= 11 is 0. The lowest BCUT2D eigenvalue weighted by molar-refractivity contribution is 0.275. The highest BCUT2D eigenvalue weighted by atomic mass is 15.1. The maximum absolute atomic E-state index is 4.57. The molecule has 3 heteroatoms. The van der Waals surface area contributed by atoms with Crippen LogP contribution in [0.2, 0.25) is 0 Å². The average Bonchev–Trinajstić information content (AvgIpc) is 2.41. The first-order valence-corrected chi connectivity index (χ1v) is 7.61. The molecule has 19 heavy (non-hydrogen) atoms. The van der Waals surface area contributed by atoms with Gasteiger partial charge in [-0.3, -0.25) is 9.88 Å². The molecule has 0 spiro atoms. The predicted octanol–water partition coefficient (Wildman–Crippen LogP) is 2.99. The van der Waals surface area contributed by atoms with Gasteiger partial charge in [-0.2, -0.15) is 0 Å². The molecular formula is C16H29N3. The maximum Gasteiger partial charge on any atom is 0.0547 e. The zero-order valence-electron chi connectivity index (χ0n) is 12.8. The number of aryl methyl sites for hydroxylation is 1. The van der Waals surface area contributed by atoms with Crippen LogP contribution in [0.15, 0.2) is 18.2 Å². The summed E-state index contributed by atoms with van der Waals surface area (Å²) < 4.78 is 0. The molecule has 108 valence electrons. The van der Waals surface area contributed by atoms with Crippen molar-refractivity contribution in [1.82, 2.24) is 15.2 Å². The molecule has 3 nitrogen and oxygen atoms in total. The van der Waals surface area contributed by atoms with E-state index in [-0.39, 0.29) is 0 Å². The molecule has 0 aliphatic rings. The summed E-state index contributed by atoms with van der Waals surface area (Å²) in [6.07, 6.45) is 3.92. The Hall–Kier alpha value is -0.930. The van der Waals surface area contributed by atoms with Crippen molar-refractivity contribution in [3.05, 3.63) is 29.6 Å². The van der Waals surface area contributed by atoms with Crippen molar-refractivity contribution in [2.75, 3.05) is 26.2 Å². The van der Waals surface area contributed by atoms with Crippen molar-refractivity contribution in [3.8, 4) is 0 Å². The van der Waals surface area contributed by atoms with Gasteiger partial charge in [0.25, 0.3) is 0 Å². The molecule has 0 fully saturated rings. The summed E-state index contributed by atoms with van der Waals surface area (Å²) in [7, 11) is 0. The first-order valence-electron chi connectivity index (χ1n) is 7.61. The number of nitrogens with zero attached hydrogens (tertiary/aromatic N) is 2. The van der Waals surface area contributed by atoms with Gasteiger partial charge < -0.3 is 5.32 Å². The number of hydrogen-bond acceptors (Lipinski definition) is 3. The van der Waals surface area contributed by atoms with Gasteiger partial charge in [-0.15, -0.1) is 0 Å². The van der Waals surface area contributed by atoms with Crippen molar-refractivity contribution in [3.63, 3.8) is 0 Å². The SMILES string of the molecule is CCCCCNCCN(CC)Cc1cccc(C)n1. The van der Waals surface area contributed by atoms with Crippen LogP contribution in [0, 0.1) is 6.92 Å². The molecule has 0 amide bonds. The monoisotopic (exact) mass is 263 g/mol. The van der Waals surface area contributed by atoms with E-state index in [1.165, 1.54) is 25.0 Å². The third-order valence-corrected chi connectivity index (χ3v) is 3.34. The molecule has 0 radical (unpaired) electrons. The minimum Gasteiger partial charge on any atom is -0.315 e. The van der Waals surface area contributed by atoms with E-state index in [1.807, 2.05) is 0 Å². The third-order valence-electron chi connectivity index (χ3n) is 3.34. The molecule has 1 aromatic rings. The van der Waals surface area contributed by atoms with Crippen molar-refractivity contribution in [2.24, 2.45) is 0 Å². The summed E-state index contributed by atoms with van der Waals surface area (Å²) in [6, 6.07) is 6.26. The van der Waals surface area contributed by atoms with Gasteiger partial charge in [-0.05, 0) is 38.6 Å². The fraction of sp³-hybridized carbons (Fsp3) is 0.688. The minimum absolute atomic E-state index is 0.953. The predicted molar refractivity (Wildman–Crippen MR) is 82.3 cm³/mol. The molecule has 1 heterocycles. The van der Waals surface area contributed by atoms with E-state index in [9.17, 15) is 0 Å². The van der Waals surface area contributed by atoms with Crippen LogP contribution in [0.1, 0.15) is 44.5 Å². The summed E-state index contributed by atoms with van der Waals surface area (Å²) in [5.74, 6) is 0. The molecule has 0 saturated carbocycles. The van der Waals surface area contributed by atoms with Gasteiger partial charge in [-0.1, -0.05) is 32.8 Å². The molecule has 1 N–H and O–H groups in total. The Balaban J connectivity index is 2.22. The topological polar surface area (TPSA) is 28.2 Å². The molecular weight excluding hydrogens is 234 g/mol. The Labute approximate surface area is 118 Å². The first-order chi connectivity index (χ1) is 9.26. The third kappa shape index (κ3) is 7.28. The second-order valence-electron chi connectivity index (χ2n) is 5.10. The van der Waals surface area contributed by atoms with E-state index >= 15 is 0 Å². The lowest BCUT2D eigenvalue weighted by Crippen LogP contribution is -2.32. The van der Waals surface area contributed by atoms with Crippen molar-refractivity contribution >= 4 is 0 Å². The van der Waals surface area contributed by atoms with Crippen LogP contribution in [0.5, 0.6) is 0 Å². The lowest BCUT2D eigenvalue weighted by Gasteiger charge is -2.20. The fourth-order valence-electron chi connectivity index (χ4n) is 2.13. The number of aromatic nitrogens is 1. The van der Waals surface area contributed by atoms with Gasteiger partial charge in [0.05, 0.1) is 5.69 Å². The Morgan fingerprint density at radius 3 is 2.68 bits per heavy atom. The summed E-state index contributed by atoms with van der Waals surface area (Å²) in [5.41, 5.74) is 2.28. The molecule has 0 bridgehead atoms. The highest BCUT2D eigenvalue weighted by molar-refractivity contribution is 5.09. The number of unbranched alkanes of at least 4 members (excludes halogenated alkanes) is 2. The molecule has 0 unspecified atom stereocenters. The molecule has 0 saturated heterocycles. The van der Waals surface area contributed by atoms with Gasteiger partial charge in [-0.25, -0.2) is 0 Å². The van der Waals surface area contributed by atoms with Gasteiger partial charge in [0.1, 0.15) is 0 Å². The first kappa shape index (κ1) is 16.1. The maximum atomic E-state index is 4.57. The molecule has 0 atom stereocenters. The van der Waals surface area contributed by atoms with E-state index in [2.05, 4.69) is 54.2 Å². The second-order valence-corrected chi connectivity index (χ2v) is 5.10. The number of hydrogen-bond donors (Lipinski definition) is 1. The van der Waals surface area contributed by atoms with Crippen molar-refractivity contribution in [2.45, 2.75) is 46.6 Å². The normalized spacial score (nSPS) is 11.2. The van der Waals surface area contributed by atoms with Crippen LogP contribution in [-0.4, -0.2) is 36.1 Å².